The average Bonchev–Trinajstić information content (AvgIpc) is 3.48. The first-order chi connectivity index (χ1) is 15.0. The number of aryl methyl sites for hydroxylation is 1. The zero-order valence-corrected chi connectivity index (χ0v) is 18.3. The van der Waals surface area contributed by atoms with E-state index in [0.717, 1.165) is 29.8 Å². The second-order valence-corrected chi connectivity index (χ2v) is 9.31. The van der Waals surface area contributed by atoms with Gasteiger partial charge in [-0.05, 0) is 48.3 Å². The highest BCUT2D eigenvalue weighted by Gasteiger charge is 2.31. The van der Waals surface area contributed by atoms with Gasteiger partial charge in [0.25, 0.3) is 0 Å². The van der Waals surface area contributed by atoms with Crippen LogP contribution in [0.3, 0.4) is 0 Å². The van der Waals surface area contributed by atoms with E-state index in [2.05, 4.69) is 20.4 Å². The Morgan fingerprint density at radius 2 is 2.23 bits per heavy atom. The monoisotopic (exact) mass is 439 g/mol. The molecule has 31 heavy (non-hydrogen) atoms. The summed E-state index contributed by atoms with van der Waals surface area (Å²) in [6.07, 6.45) is 5.79. The predicted molar refractivity (Wildman–Crippen MR) is 116 cm³/mol. The van der Waals surface area contributed by atoms with Crippen molar-refractivity contribution in [1.29, 1.82) is 0 Å². The van der Waals surface area contributed by atoms with Crippen molar-refractivity contribution in [3.8, 4) is 0 Å². The van der Waals surface area contributed by atoms with Gasteiger partial charge in [-0.1, -0.05) is 6.92 Å². The van der Waals surface area contributed by atoms with Crippen LogP contribution in [0.5, 0.6) is 0 Å². The number of nitrogens with one attached hydrogen (secondary N) is 1. The van der Waals surface area contributed by atoms with Crippen LogP contribution >= 0.6 is 11.3 Å². The minimum Gasteiger partial charge on any atom is -0.393 e. The van der Waals surface area contributed by atoms with Gasteiger partial charge in [0, 0.05) is 12.2 Å². The van der Waals surface area contributed by atoms with Crippen LogP contribution in [-0.4, -0.2) is 49.4 Å². The number of thiophene rings is 1. The number of rotatable bonds is 5. The molecule has 0 spiro atoms. The van der Waals surface area contributed by atoms with E-state index in [9.17, 15) is 9.90 Å². The van der Waals surface area contributed by atoms with E-state index >= 15 is 0 Å². The molecule has 0 saturated heterocycles. The Hall–Kier alpha value is -2.62. The minimum atomic E-state index is -0.328. The van der Waals surface area contributed by atoms with Crippen molar-refractivity contribution >= 4 is 22.9 Å². The largest absolute Gasteiger partial charge is 0.393 e. The first-order valence-corrected chi connectivity index (χ1v) is 11.4. The number of aromatic nitrogens is 4. The molecular formula is C22H25N5O3S. The van der Waals surface area contributed by atoms with E-state index < -0.39 is 0 Å². The molecule has 0 bridgehead atoms. The van der Waals surface area contributed by atoms with Crippen molar-refractivity contribution in [2.45, 2.75) is 51.5 Å². The van der Waals surface area contributed by atoms with Gasteiger partial charge in [-0.15, -0.1) is 11.3 Å². The Kier molecular flexibility index (Phi) is 5.33. The fourth-order valence-electron chi connectivity index (χ4n) is 4.49. The summed E-state index contributed by atoms with van der Waals surface area (Å²) in [5.41, 5.74) is 3.52. The predicted octanol–water partition coefficient (Wildman–Crippen LogP) is 2.96. The summed E-state index contributed by atoms with van der Waals surface area (Å²) in [7, 11) is 0. The second kappa shape index (κ2) is 8.14. The van der Waals surface area contributed by atoms with Gasteiger partial charge in [0.1, 0.15) is 18.2 Å². The minimum absolute atomic E-state index is 0.0873. The van der Waals surface area contributed by atoms with Crippen LogP contribution in [0.1, 0.15) is 57.9 Å². The lowest BCUT2D eigenvalue weighted by molar-refractivity contribution is 0.0420. The van der Waals surface area contributed by atoms with E-state index in [0.29, 0.717) is 29.3 Å². The van der Waals surface area contributed by atoms with Gasteiger partial charge >= 0.3 is 0 Å². The Labute approximate surface area is 184 Å². The van der Waals surface area contributed by atoms with Crippen LogP contribution in [0.2, 0.25) is 0 Å². The molecule has 0 radical (unpaired) electrons. The van der Waals surface area contributed by atoms with Crippen LogP contribution in [0, 0.1) is 12.8 Å². The van der Waals surface area contributed by atoms with Crippen LogP contribution in [0.15, 0.2) is 30.2 Å². The Morgan fingerprint density at radius 1 is 1.35 bits per heavy atom. The Balaban J connectivity index is 1.39. The van der Waals surface area contributed by atoms with E-state index in [1.54, 1.807) is 6.20 Å². The number of carbonyl (C=O) groups is 1. The van der Waals surface area contributed by atoms with Crippen molar-refractivity contribution in [3.63, 3.8) is 0 Å². The van der Waals surface area contributed by atoms with Gasteiger partial charge in [-0.3, -0.25) is 9.48 Å². The quantitative estimate of drug-likeness (QED) is 0.589. The number of fused-ring (bicyclic) bond motifs is 1. The first-order valence-electron chi connectivity index (χ1n) is 10.5. The molecule has 4 atom stereocenters. The fraction of sp³-hybridized carbons (Fsp3) is 0.455. The van der Waals surface area contributed by atoms with Gasteiger partial charge in [0.15, 0.2) is 0 Å². The van der Waals surface area contributed by atoms with Gasteiger partial charge < -0.3 is 15.2 Å². The average molecular weight is 440 g/mol. The molecule has 2 N–H and O–H groups in total. The number of ketones is 1. The maximum absolute atomic E-state index is 13.3. The molecule has 162 valence electrons. The third-order valence-corrected chi connectivity index (χ3v) is 7.14. The molecule has 0 aromatic carbocycles. The third-order valence-electron chi connectivity index (χ3n) is 6.19. The number of hydrogen-bond acceptors (Lipinski definition) is 8. The second-order valence-electron chi connectivity index (χ2n) is 8.40. The lowest BCUT2D eigenvalue weighted by Crippen LogP contribution is -2.23. The summed E-state index contributed by atoms with van der Waals surface area (Å²) in [5.74, 6) is 0.627. The summed E-state index contributed by atoms with van der Waals surface area (Å²) in [5, 5.41) is 19.8. The van der Waals surface area contributed by atoms with Gasteiger partial charge in [0.2, 0.25) is 5.78 Å². The molecule has 8 nitrogen and oxygen atoms in total. The number of anilines is 1. The summed E-state index contributed by atoms with van der Waals surface area (Å²) >= 11 is 1.40. The highest BCUT2D eigenvalue weighted by molar-refractivity contribution is 7.12. The van der Waals surface area contributed by atoms with Crippen molar-refractivity contribution in [2.24, 2.45) is 5.92 Å². The molecular weight excluding hydrogens is 414 g/mol. The summed E-state index contributed by atoms with van der Waals surface area (Å²) in [6, 6.07) is 1.99. The maximum Gasteiger partial charge on any atom is 0.208 e. The van der Waals surface area contributed by atoms with E-state index in [1.165, 1.54) is 17.7 Å². The number of carbonyl (C=O) groups excluding carboxylic acids is 1. The van der Waals surface area contributed by atoms with Gasteiger partial charge in [-0.2, -0.15) is 5.10 Å². The normalized spacial score (nSPS) is 25.4. The summed E-state index contributed by atoms with van der Waals surface area (Å²) in [6.45, 7) is 5.39. The highest BCUT2D eigenvalue weighted by Crippen LogP contribution is 2.35. The Bertz CT molecular complexity index is 1100. The summed E-state index contributed by atoms with van der Waals surface area (Å²) < 4.78 is 8.01. The fourth-order valence-corrected chi connectivity index (χ4v) is 5.36. The lowest BCUT2D eigenvalue weighted by atomic mass is 10.0. The number of aliphatic hydroxyl groups excluding tert-OH is 1. The molecule has 5 rings (SSSR count). The number of nitrogens with zero attached hydrogens (tertiary/aromatic N) is 4. The molecule has 3 aromatic rings. The smallest absolute Gasteiger partial charge is 0.208 e. The topological polar surface area (TPSA) is 102 Å². The van der Waals surface area contributed by atoms with Crippen molar-refractivity contribution in [3.05, 3.63) is 57.4 Å². The standard InChI is InChI=1S/C22H25N5O3S/c1-12-5-15(7-17(12)28)26-22-16(9-23-11-24-22)20(29)18-6-14(10-31-18)21-19-13(2)8-25-27(19)3-4-30-21/h6,8-12,15,17,21,28H,3-5,7H2,1-2H3,(H,23,24,26)/t12-,15-,17-,21+/m1/s1. The van der Waals surface area contributed by atoms with E-state index in [4.69, 9.17) is 4.74 Å². The molecule has 4 heterocycles. The molecule has 0 amide bonds. The lowest BCUT2D eigenvalue weighted by Gasteiger charge is -2.24. The van der Waals surface area contributed by atoms with Crippen LogP contribution in [0.25, 0.3) is 0 Å². The van der Waals surface area contributed by atoms with Crippen molar-refractivity contribution in [2.75, 3.05) is 11.9 Å². The zero-order chi connectivity index (χ0) is 21.5. The SMILES string of the molecule is Cc1cnn2c1[C@H](c1csc(C(=O)c3cncnc3N[C@@H]3C[C@@H](C)[C@H](O)C3)c1)OCC2. The van der Waals surface area contributed by atoms with E-state index in [1.807, 2.05) is 36.2 Å². The molecule has 9 heteroatoms. The number of hydrogen-bond donors (Lipinski definition) is 2. The zero-order valence-electron chi connectivity index (χ0n) is 17.5. The van der Waals surface area contributed by atoms with Crippen LogP contribution < -0.4 is 5.32 Å². The van der Waals surface area contributed by atoms with Crippen LogP contribution in [-0.2, 0) is 11.3 Å². The first kappa shape index (κ1) is 20.3. The van der Waals surface area contributed by atoms with Gasteiger partial charge in [-0.25, -0.2) is 9.97 Å². The molecule has 1 fully saturated rings. The molecule has 1 saturated carbocycles. The number of aliphatic hydroxyl groups is 1. The van der Waals surface area contributed by atoms with E-state index in [-0.39, 0.29) is 30.0 Å². The van der Waals surface area contributed by atoms with Crippen molar-refractivity contribution < 1.29 is 14.6 Å². The molecule has 2 aliphatic rings. The summed E-state index contributed by atoms with van der Waals surface area (Å²) in [4.78, 5) is 22.3. The highest BCUT2D eigenvalue weighted by atomic mass is 32.1. The van der Waals surface area contributed by atoms with Gasteiger partial charge in [0.05, 0.1) is 41.6 Å². The number of ether oxygens (including phenoxy) is 1. The third kappa shape index (κ3) is 3.77. The molecule has 0 unspecified atom stereocenters. The molecule has 1 aliphatic heterocycles. The Morgan fingerprint density at radius 3 is 3.03 bits per heavy atom. The molecule has 1 aliphatic carbocycles. The van der Waals surface area contributed by atoms with Crippen molar-refractivity contribution in [1.82, 2.24) is 19.7 Å². The molecule has 3 aromatic heterocycles. The van der Waals surface area contributed by atoms with Crippen LogP contribution in [0.4, 0.5) is 5.82 Å². The maximum atomic E-state index is 13.3.